The van der Waals surface area contributed by atoms with Crippen molar-refractivity contribution in [1.82, 2.24) is 4.90 Å². The Morgan fingerprint density at radius 2 is 1.91 bits per heavy atom. The molecule has 0 saturated carbocycles. The Hall–Kier alpha value is -3.33. The van der Waals surface area contributed by atoms with Gasteiger partial charge in [0.05, 0.1) is 42.2 Å². The zero-order valence-electron chi connectivity index (χ0n) is 18.9. The van der Waals surface area contributed by atoms with Gasteiger partial charge in [-0.05, 0) is 42.7 Å². The molecular weight excluding hydrogens is 458 g/mol. The van der Waals surface area contributed by atoms with Crippen LogP contribution >= 0.6 is 0 Å². The molecule has 2 aromatic carbocycles. The molecule has 0 N–H and O–H groups in total. The number of fused-ring (bicyclic) bond motifs is 2. The molecule has 1 fully saturated rings. The summed E-state index contributed by atoms with van der Waals surface area (Å²) in [4.78, 5) is 28.7. The van der Waals surface area contributed by atoms with E-state index in [1.165, 1.54) is 12.0 Å². The number of nitrogens with zero attached hydrogens (tertiary/aromatic N) is 1. The fraction of sp³-hybridized carbons (Fsp3) is 0.360. The first-order valence-electron chi connectivity index (χ1n) is 11.2. The molecule has 8 nitrogen and oxygen atoms in total. The topological polar surface area (TPSA) is 103 Å². The molecule has 0 spiro atoms. The maximum Gasteiger partial charge on any atom is 0.291 e. The average molecular weight is 484 g/mol. The number of benzene rings is 2. The lowest BCUT2D eigenvalue weighted by atomic mass is 9.97. The van der Waals surface area contributed by atoms with Gasteiger partial charge < -0.3 is 18.8 Å². The van der Waals surface area contributed by atoms with Crippen LogP contribution in [-0.4, -0.2) is 50.5 Å². The zero-order chi connectivity index (χ0) is 24.0. The first kappa shape index (κ1) is 22.5. The van der Waals surface area contributed by atoms with Gasteiger partial charge in [-0.2, -0.15) is 0 Å². The number of para-hydroxylation sites is 1. The Morgan fingerprint density at radius 3 is 2.62 bits per heavy atom. The maximum absolute atomic E-state index is 13.6. The minimum absolute atomic E-state index is 0.000971. The third-order valence-corrected chi connectivity index (χ3v) is 8.13. The number of carbonyl (C=O) groups excluding carboxylic acids is 1. The molecule has 9 heteroatoms. The minimum atomic E-state index is -3.27. The number of rotatable bonds is 6. The minimum Gasteiger partial charge on any atom is -0.493 e. The van der Waals surface area contributed by atoms with Gasteiger partial charge in [0.15, 0.2) is 26.8 Å². The molecule has 0 radical (unpaired) electrons. The molecule has 178 valence electrons. The number of sulfone groups is 1. The van der Waals surface area contributed by atoms with Crippen molar-refractivity contribution in [2.75, 3.05) is 25.2 Å². The highest BCUT2D eigenvalue weighted by Crippen LogP contribution is 2.43. The van der Waals surface area contributed by atoms with E-state index in [-0.39, 0.29) is 28.3 Å². The van der Waals surface area contributed by atoms with Crippen molar-refractivity contribution >= 4 is 26.7 Å². The summed E-state index contributed by atoms with van der Waals surface area (Å²) in [6.45, 7) is 2.52. The molecular formula is C25H25NO7S. The summed E-state index contributed by atoms with van der Waals surface area (Å²) in [6.07, 6.45) is 1.13. The molecule has 0 aliphatic carbocycles. The van der Waals surface area contributed by atoms with Gasteiger partial charge in [0.1, 0.15) is 5.58 Å². The van der Waals surface area contributed by atoms with E-state index in [9.17, 15) is 18.0 Å². The molecule has 0 unspecified atom stereocenters. The summed E-state index contributed by atoms with van der Waals surface area (Å²) in [7, 11) is -1.75. The van der Waals surface area contributed by atoms with Crippen LogP contribution in [0.15, 0.2) is 51.7 Å². The van der Waals surface area contributed by atoms with Crippen molar-refractivity contribution in [3.8, 4) is 11.5 Å². The molecule has 2 aliphatic rings. The van der Waals surface area contributed by atoms with Crippen LogP contribution in [-0.2, 0) is 9.84 Å². The fourth-order valence-corrected chi connectivity index (χ4v) is 6.53. The van der Waals surface area contributed by atoms with Crippen LogP contribution in [0.4, 0.5) is 0 Å². The molecule has 2 atom stereocenters. The largest absolute Gasteiger partial charge is 0.493 e. The molecule has 2 aliphatic heterocycles. The van der Waals surface area contributed by atoms with Crippen molar-refractivity contribution in [3.63, 3.8) is 0 Å². The van der Waals surface area contributed by atoms with E-state index in [0.29, 0.717) is 41.1 Å². The Morgan fingerprint density at radius 1 is 1.12 bits per heavy atom. The SMILES string of the molecule is CCCOc1ccc([C@@H]2c3c(oc4ccccc4c3=O)C(=O)N2[C@H]2CCS(=O)(=O)C2)cc1OC. The Labute approximate surface area is 197 Å². The van der Waals surface area contributed by atoms with Gasteiger partial charge in [-0.15, -0.1) is 0 Å². The van der Waals surface area contributed by atoms with Crippen LogP contribution in [0.5, 0.6) is 11.5 Å². The lowest BCUT2D eigenvalue weighted by Crippen LogP contribution is -2.40. The molecule has 0 bridgehead atoms. The third-order valence-electron chi connectivity index (χ3n) is 6.38. The Balaban J connectivity index is 1.70. The van der Waals surface area contributed by atoms with Gasteiger partial charge in [-0.3, -0.25) is 9.59 Å². The van der Waals surface area contributed by atoms with Crippen LogP contribution in [0.25, 0.3) is 11.0 Å². The Kier molecular flexibility index (Phi) is 5.59. The van der Waals surface area contributed by atoms with Crippen LogP contribution in [0.1, 0.15) is 47.5 Å². The van der Waals surface area contributed by atoms with Crippen molar-refractivity contribution in [2.45, 2.75) is 31.8 Å². The predicted molar refractivity (Wildman–Crippen MR) is 126 cm³/mol. The van der Waals surface area contributed by atoms with Gasteiger partial charge in [-0.1, -0.05) is 25.1 Å². The van der Waals surface area contributed by atoms with E-state index in [1.807, 2.05) is 6.92 Å². The van der Waals surface area contributed by atoms with Crippen molar-refractivity contribution in [3.05, 3.63) is 69.6 Å². The quantitative estimate of drug-likeness (QED) is 0.530. The molecule has 3 heterocycles. The van der Waals surface area contributed by atoms with Crippen molar-refractivity contribution < 1.29 is 27.1 Å². The van der Waals surface area contributed by atoms with Crippen LogP contribution in [0.3, 0.4) is 0 Å². The molecule has 3 aromatic rings. The summed E-state index contributed by atoms with van der Waals surface area (Å²) >= 11 is 0. The van der Waals surface area contributed by atoms with E-state index in [0.717, 1.165) is 6.42 Å². The predicted octanol–water partition coefficient (Wildman–Crippen LogP) is 3.32. The smallest absolute Gasteiger partial charge is 0.291 e. The summed E-state index contributed by atoms with van der Waals surface area (Å²) < 4.78 is 41.7. The third kappa shape index (κ3) is 3.64. The summed E-state index contributed by atoms with van der Waals surface area (Å²) in [5, 5.41) is 0.370. The van der Waals surface area contributed by atoms with Gasteiger partial charge >= 0.3 is 0 Å². The lowest BCUT2D eigenvalue weighted by molar-refractivity contribution is 0.0662. The zero-order valence-corrected chi connectivity index (χ0v) is 19.8. The second kappa shape index (κ2) is 8.47. The highest BCUT2D eigenvalue weighted by molar-refractivity contribution is 7.91. The number of carbonyl (C=O) groups is 1. The molecule has 34 heavy (non-hydrogen) atoms. The first-order chi connectivity index (χ1) is 16.3. The maximum atomic E-state index is 13.6. The standard InChI is InChI=1S/C25H25NO7S/c1-3-11-32-19-9-8-15(13-20(19)31-2)22-21-23(27)17-6-4-5-7-18(17)33-24(21)25(28)26(22)16-10-12-34(29,30)14-16/h4-9,13,16,22H,3,10-12,14H2,1-2H3/t16-,22+/m0/s1. The molecule has 1 amide bonds. The van der Waals surface area contributed by atoms with Gasteiger partial charge in [0, 0.05) is 6.04 Å². The number of hydrogen-bond donors (Lipinski definition) is 0. The number of hydrogen-bond acceptors (Lipinski definition) is 7. The number of ether oxygens (including phenoxy) is 2. The number of amides is 1. The normalized spacial score (nSPS) is 21.1. The fourth-order valence-electron chi connectivity index (χ4n) is 4.82. The summed E-state index contributed by atoms with van der Waals surface area (Å²) in [5.41, 5.74) is 0.862. The number of methoxy groups -OCH3 is 1. The average Bonchev–Trinajstić information content (AvgIpc) is 3.34. The van der Waals surface area contributed by atoms with E-state index in [2.05, 4.69) is 0 Å². The Bertz CT molecular complexity index is 1440. The van der Waals surface area contributed by atoms with Crippen LogP contribution in [0, 0.1) is 0 Å². The molecule has 5 rings (SSSR count). The lowest BCUT2D eigenvalue weighted by Gasteiger charge is -2.30. The summed E-state index contributed by atoms with van der Waals surface area (Å²) in [6, 6.07) is 10.7. The monoisotopic (exact) mass is 483 g/mol. The van der Waals surface area contributed by atoms with E-state index >= 15 is 0 Å². The highest BCUT2D eigenvalue weighted by atomic mass is 32.2. The summed E-state index contributed by atoms with van der Waals surface area (Å²) in [5.74, 6) is 0.361. The molecule has 1 aromatic heterocycles. The van der Waals surface area contributed by atoms with Crippen molar-refractivity contribution in [2.24, 2.45) is 0 Å². The second-order valence-electron chi connectivity index (χ2n) is 8.60. The highest BCUT2D eigenvalue weighted by Gasteiger charge is 2.48. The van der Waals surface area contributed by atoms with Crippen LogP contribution in [0.2, 0.25) is 0 Å². The molecule has 1 saturated heterocycles. The van der Waals surface area contributed by atoms with Crippen LogP contribution < -0.4 is 14.9 Å². The van der Waals surface area contributed by atoms with Crippen molar-refractivity contribution in [1.29, 1.82) is 0 Å². The van der Waals surface area contributed by atoms with E-state index in [4.69, 9.17) is 13.9 Å². The van der Waals surface area contributed by atoms with E-state index < -0.39 is 27.8 Å². The van der Waals surface area contributed by atoms with Gasteiger partial charge in [0.25, 0.3) is 5.91 Å². The first-order valence-corrected chi connectivity index (χ1v) is 13.1. The van der Waals surface area contributed by atoms with E-state index in [1.54, 1.807) is 42.5 Å². The van der Waals surface area contributed by atoms with Gasteiger partial charge in [-0.25, -0.2) is 8.42 Å². The van der Waals surface area contributed by atoms with Gasteiger partial charge in [0.2, 0.25) is 5.76 Å². The second-order valence-corrected chi connectivity index (χ2v) is 10.8.